The second kappa shape index (κ2) is 5.09. The smallest absolute Gasteiger partial charge is 0.231 e. The Hall–Kier alpha value is -1.75. The van der Waals surface area contributed by atoms with Gasteiger partial charge in [0.1, 0.15) is 0 Å². The van der Waals surface area contributed by atoms with Gasteiger partial charge >= 0.3 is 0 Å². The molecule has 2 rings (SSSR count). The van der Waals surface area contributed by atoms with E-state index in [1.807, 2.05) is 6.92 Å². The number of phenols is 1. The van der Waals surface area contributed by atoms with Crippen molar-refractivity contribution in [3.8, 4) is 11.5 Å². The summed E-state index contributed by atoms with van der Waals surface area (Å²) >= 11 is 0. The zero-order valence-electron chi connectivity index (χ0n) is 11.3. The molecule has 0 aliphatic heterocycles. The maximum absolute atomic E-state index is 12.3. The van der Waals surface area contributed by atoms with Crippen LogP contribution >= 0.6 is 0 Å². The molecule has 5 heteroatoms. The zero-order valence-corrected chi connectivity index (χ0v) is 11.3. The number of nitrogens with two attached hydrogens (primary N) is 1. The van der Waals surface area contributed by atoms with E-state index in [-0.39, 0.29) is 17.7 Å². The fourth-order valence-corrected chi connectivity index (χ4v) is 2.52. The molecule has 1 aromatic carbocycles. The van der Waals surface area contributed by atoms with Crippen LogP contribution in [0, 0.1) is 5.41 Å². The second-order valence-corrected chi connectivity index (χ2v) is 5.26. The number of aromatic hydroxyl groups is 1. The van der Waals surface area contributed by atoms with E-state index in [4.69, 9.17) is 10.5 Å². The van der Waals surface area contributed by atoms with Crippen LogP contribution in [0.25, 0.3) is 0 Å². The summed E-state index contributed by atoms with van der Waals surface area (Å²) in [5.74, 6) is 0.282. The van der Waals surface area contributed by atoms with Gasteiger partial charge in [0.05, 0.1) is 12.5 Å². The van der Waals surface area contributed by atoms with Crippen molar-refractivity contribution >= 4 is 11.6 Å². The van der Waals surface area contributed by atoms with E-state index >= 15 is 0 Å². The van der Waals surface area contributed by atoms with Crippen LogP contribution in [0.15, 0.2) is 18.2 Å². The van der Waals surface area contributed by atoms with Gasteiger partial charge in [0.25, 0.3) is 0 Å². The Morgan fingerprint density at radius 3 is 2.84 bits per heavy atom. The van der Waals surface area contributed by atoms with Crippen molar-refractivity contribution in [2.24, 2.45) is 11.1 Å². The molecule has 1 aliphatic rings. The third-order valence-corrected chi connectivity index (χ3v) is 3.99. The van der Waals surface area contributed by atoms with E-state index in [0.29, 0.717) is 11.4 Å². The number of methoxy groups -OCH3 is 1. The molecule has 1 amide bonds. The van der Waals surface area contributed by atoms with Crippen molar-refractivity contribution in [1.29, 1.82) is 0 Å². The fraction of sp³-hybridized carbons (Fsp3) is 0.500. The molecule has 1 fully saturated rings. The number of carbonyl (C=O) groups is 1. The summed E-state index contributed by atoms with van der Waals surface area (Å²) in [5.41, 5.74) is 6.03. The lowest BCUT2D eigenvalue weighted by atomic mass is 9.84. The minimum atomic E-state index is -0.532. The third-order valence-electron chi connectivity index (χ3n) is 3.99. The Morgan fingerprint density at radius 1 is 1.58 bits per heavy atom. The molecule has 104 valence electrons. The van der Waals surface area contributed by atoms with Crippen LogP contribution in [0.1, 0.15) is 26.2 Å². The Bertz CT molecular complexity index is 490. The first kappa shape index (κ1) is 13.7. The van der Waals surface area contributed by atoms with Gasteiger partial charge in [-0.2, -0.15) is 0 Å². The van der Waals surface area contributed by atoms with Crippen molar-refractivity contribution in [2.45, 2.75) is 32.2 Å². The Balaban J connectivity index is 2.13. The van der Waals surface area contributed by atoms with Gasteiger partial charge in [-0.15, -0.1) is 0 Å². The molecule has 0 saturated heterocycles. The van der Waals surface area contributed by atoms with Gasteiger partial charge in [0.2, 0.25) is 5.91 Å². The summed E-state index contributed by atoms with van der Waals surface area (Å²) < 4.78 is 4.96. The summed E-state index contributed by atoms with van der Waals surface area (Å²) in [6.07, 6.45) is 2.64. The van der Waals surface area contributed by atoms with E-state index in [1.165, 1.54) is 13.2 Å². The standard InChI is InChI=1S/C14H20N2O3/c1-14(7-3-4-12(14)15)13(18)16-9-5-6-11(19-2)10(17)8-9/h5-6,8,12,17H,3-4,7,15H2,1-2H3,(H,16,18). The highest BCUT2D eigenvalue weighted by Gasteiger charge is 2.42. The molecule has 2 unspecified atom stereocenters. The number of anilines is 1. The van der Waals surface area contributed by atoms with Gasteiger partial charge in [0, 0.05) is 17.8 Å². The first-order chi connectivity index (χ1) is 8.97. The van der Waals surface area contributed by atoms with Gasteiger partial charge in [-0.1, -0.05) is 6.42 Å². The predicted octanol–water partition coefficient (Wildman–Crippen LogP) is 1.86. The lowest BCUT2D eigenvalue weighted by Crippen LogP contribution is -2.44. The highest BCUT2D eigenvalue weighted by atomic mass is 16.5. The minimum absolute atomic E-state index is 0.00109. The van der Waals surface area contributed by atoms with Crippen LogP contribution < -0.4 is 15.8 Å². The molecule has 0 aromatic heterocycles. The van der Waals surface area contributed by atoms with Crippen LogP contribution in [0.3, 0.4) is 0 Å². The molecule has 4 N–H and O–H groups in total. The summed E-state index contributed by atoms with van der Waals surface area (Å²) in [6, 6.07) is 4.67. The molecule has 0 radical (unpaired) electrons. The number of phenolic OH excluding ortho intramolecular Hbond substituents is 1. The molecule has 1 saturated carbocycles. The van der Waals surface area contributed by atoms with Crippen LogP contribution in [0.4, 0.5) is 5.69 Å². The van der Waals surface area contributed by atoms with Crippen LogP contribution in [-0.2, 0) is 4.79 Å². The molecule has 5 nitrogen and oxygen atoms in total. The monoisotopic (exact) mass is 264 g/mol. The van der Waals surface area contributed by atoms with Crippen LogP contribution in [-0.4, -0.2) is 24.2 Å². The number of nitrogens with one attached hydrogen (secondary N) is 1. The van der Waals surface area contributed by atoms with Crippen LogP contribution in [0.5, 0.6) is 11.5 Å². The zero-order chi connectivity index (χ0) is 14.0. The van der Waals surface area contributed by atoms with Crippen molar-refractivity contribution < 1.29 is 14.6 Å². The van der Waals surface area contributed by atoms with Crippen molar-refractivity contribution in [2.75, 3.05) is 12.4 Å². The molecule has 1 aromatic rings. The van der Waals surface area contributed by atoms with Gasteiger partial charge in [0.15, 0.2) is 11.5 Å². The number of benzene rings is 1. The second-order valence-electron chi connectivity index (χ2n) is 5.26. The lowest BCUT2D eigenvalue weighted by molar-refractivity contribution is -0.125. The number of hydrogen-bond donors (Lipinski definition) is 3. The maximum Gasteiger partial charge on any atom is 0.231 e. The van der Waals surface area contributed by atoms with Crippen molar-refractivity contribution in [3.05, 3.63) is 18.2 Å². The van der Waals surface area contributed by atoms with Crippen LogP contribution in [0.2, 0.25) is 0 Å². The van der Waals surface area contributed by atoms with Gasteiger partial charge in [-0.05, 0) is 31.9 Å². The Labute approximate surface area is 112 Å². The van der Waals surface area contributed by atoms with E-state index in [9.17, 15) is 9.90 Å². The largest absolute Gasteiger partial charge is 0.504 e. The van der Waals surface area contributed by atoms with E-state index in [0.717, 1.165) is 19.3 Å². The Morgan fingerprint density at radius 2 is 2.32 bits per heavy atom. The number of ether oxygens (including phenoxy) is 1. The number of hydrogen-bond acceptors (Lipinski definition) is 4. The molecule has 0 heterocycles. The quantitative estimate of drug-likeness (QED) is 0.778. The number of rotatable bonds is 3. The average Bonchev–Trinajstić information content (AvgIpc) is 2.71. The summed E-state index contributed by atoms with van der Waals surface area (Å²) in [6.45, 7) is 1.89. The SMILES string of the molecule is COc1ccc(NC(=O)C2(C)CCCC2N)cc1O. The highest BCUT2D eigenvalue weighted by molar-refractivity contribution is 5.96. The molecular weight excluding hydrogens is 244 g/mol. The minimum Gasteiger partial charge on any atom is -0.504 e. The Kier molecular flexibility index (Phi) is 3.66. The van der Waals surface area contributed by atoms with E-state index < -0.39 is 5.41 Å². The van der Waals surface area contributed by atoms with Gasteiger partial charge in [-0.25, -0.2) is 0 Å². The summed E-state index contributed by atoms with van der Waals surface area (Å²) in [5, 5.41) is 12.5. The number of carbonyl (C=O) groups excluding carboxylic acids is 1. The maximum atomic E-state index is 12.3. The number of amides is 1. The normalized spacial score (nSPS) is 26.2. The topological polar surface area (TPSA) is 84.6 Å². The fourth-order valence-electron chi connectivity index (χ4n) is 2.52. The lowest BCUT2D eigenvalue weighted by Gasteiger charge is -2.27. The highest BCUT2D eigenvalue weighted by Crippen LogP contribution is 2.38. The van der Waals surface area contributed by atoms with E-state index in [1.54, 1.807) is 12.1 Å². The first-order valence-corrected chi connectivity index (χ1v) is 6.41. The van der Waals surface area contributed by atoms with Gasteiger partial charge in [-0.3, -0.25) is 4.79 Å². The molecule has 1 aliphatic carbocycles. The molecular formula is C14H20N2O3. The predicted molar refractivity (Wildman–Crippen MR) is 73.2 cm³/mol. The van der Waals surface area contributed by atoms with Crippen molar-refractivity contribution in [3.63, 3.8) is 0 Å². The average molecular weight is 264 g/mol. The molecule has 0 bridgehead atoms. The molecule has 0 spiro atoms. The van der Waals surface area contributed by atoms with E-state index in [2.05, 4.69) is 5.32 Å². The third kappa shape index (κ3) is 2.51. The molecule has 19 heavy (non-hydrogen) atoms. The first-order valence-electron chi connectivity index (χ1n) is 6.41. The van der Waals surface area contributed by atoms with Crippen molar-refractivity contribution in [1.82, 2.24) is 0 Å². The van der Waals surface area contributed by atoms with Gasteiger partial charge < -0.3 is 20.9 Å². The summed E-state index contributed by atoms with van der Waals surface area (Å²) in [4.78, 5) is 12.3. The molecule has 2 atom stereocenters. The summed E-state index contributed by atoms with van der Waals surface area (Å²) in [7, 11) is 1.48.